The Morgan fingerprint density at radius 2 is 0.924 bits per heavy atom. The minimum absolute atomic E-state index is 0.826. The summed E-state index contributed by atoms with van der Waals surface area (Å²) in [6.07, 6.45) is 0. The van der Waals surface area contributed by atoms with Crippen LogP contribution in [0.5, 0.6) is 0 Å². The predicted octanol–water partition coefficient (Wildman–Crippen LogP) is 17.7. The molecule has 0 fully saturated rings. The van der Waals surface area contributed by atoms with Crippen molar-refractivity contribution in [2.75, 3.05) is 4.90 Å². The van der Waals surface area contributed by atoms with Gasteiger partial charge >= 0.3 is 0 Å². The van der Waals surface area contributed by atoms with Gasteiger partial charge in [-0.3, -0.25) is 0 Å². The first-order valence-corrected chi connectivity index (χ1v) is 22.5. The molecule has 4 heteroatoms. The minimum Gasteiger partial charge on any atom is -0.456 e. The summed E-state index contributed by atoms with van der Waals surface area (Å²) in [6, 6.07) is 82.8. The van der Waals surface area contributed by atoms with Crippen molar-refractivity contribution in [1.29, 1.82) is 0 Å². The second kappa shape index (κ2) is 14.3. The van der Waals surface area contributed by atoms with Crippen LogP contribution >= 0.6 is 0 Å². The van der Waals surface area contributed by atoms with Gasteiger partial charge in [0.05, 0.1) is 33.5 Å². The number of benzene rings is 11. The third-order valence-corrected chi connectivity index (χ3v) is 13.6. The lowest BCUT2D eigenvalue weighted by atomic mass is 9.97. The number of furan rings is 2. The van der Waals surface area contributed by atoms with Gasteiger partial charge in [-0.25, -0.2) is 0 Å². The van der Waals surface area contributed by atoms with Crippen LogP contribution in [0.3, 0.4) is 0 Å². The van der Waals surface area contributed by atoms with Crippen LogP contribution in [0.4, 0.5) is 17.1 Å². The highest BCUT2D eigenvalue weighted by Crippen LogP contribution is 2.50. The average molecular weight is 843 g/mol. The van der Waals surface area contributed by atoms with E-state index in [2.05, 4.69) is 228 Å². The Hall–Kier alpha value is -8.86. The molecule has 308 valence electrons. The quantitative estimate of drug-likeness (QED) is 0.167. The fraction of sp³-hybridized carbons (Fsp3) is 0. The Bertz CT molecular complexity index is 4230. The van der Waals surface area contributed by atoms with E-state index >= 15 is 0 Å². The Kier molecular flexibility index (Phi) is 7.95. The van der Waals surface area contributed by atoms with Gasteiger partial charge in [0.15, 0.2) is 0 Å². The van der Waals surface area contributed by atoms with Gasteiger partial charge in [0.1, 0.15) is 22.3 Å². The van der Waals surface area contributed by atoms with Crippen molar-refractivity contribution in [2.24, 2.45) is 0 Å². The van der Waals surface area contributed by atoms with Crippen LogP contribution in [-0.4, -0.2) is 4.57 Å². The van der Waals surface area contributed by atoms with Gasteiger partial charge in [0, 0.05) is 43.6 Å². The lowest BCUT2D eigenvalue weighted by molar-refractivity contribution is 0.668. The number of rotatable bonds is 6. The highest BCUT2D eigenvalue weighted by molar-refractivity contribution is 6.21. The van der Waals surface area contributed by atoms with Crippen LogP contribution < -0.4 is 4.90 Å². The molecule has 0 radical (unpaired) electrons. The van der Waals surface area contributed by atoms with E-state index in [1.165, 1.54) is 37.9 Å². The molecule has 0 aliphatic heterocycles. The average Bonchev–Trinajstić information content (AvgIpc) is 4.06. The summed E-state index contributed by atoms with van der Waals surface area (Å²) >= 11 is 0. The van der Waals surface area contributed by atoms with Gasteiger partial charge in [0.2, 0.25) is 0 Å². The van der Waals surface area contributed by atoms with Crippen molar-refractivity contribution in [1.82, 2.24) is 4.57 Å². The van der Waals surface area contributed by atoms with E-state index in [0.29, 0.717) is 0 Å². The Morgan fingerprint density at radius 3 is 1.76 bits per heavy atom. The van der Waals surface area contributed by atoms with E-state index in [1.807, 2.05) is 12.1 Å². The Labute approximate surface area is 379 Å². The molecular formula is C62H38N2O2. The van der Waals surface area contributed by atoms with Crippen LogP contribution in [0.2, 0.25) is 0 Å². The fourth-order valence-electron chi connectivity index (χ4n) is 10.6. The monoisotopic (exact) mass is 842 g/mol. The first kappa shape index (κ1) is 36.6. The largest absolute Gasteiger partial charge is 0.456 e. The maximum Gasteiger partial charge on any atom is 0.145 e. The first-order valence-electron chi connectivity index (χ1n) is 22.5. The Balaban J connectivity index is 1.05. The second-order valence-corrected chi connectivity index (χ2v) is 17.2. The molecule has 0 N–H and O–H groups in total. The molecule has 0 bridgehead atoms. The van der Waals surface area contributed by atoms with Crippen molar-refractivity contribution >= 4 is 104 Å². The van der Waals surface area contributed by atoms with E-state index in [0.717, 1.165) is 94.4 Å². The molecule has 3 heterocycles. The molecule has 66 heavy (non-hydrogen) atoms. The highest BCUT2D eigenvalue weighted by atomic mass is 16.3. The molecule has 0 spiro atoms. The molecule has 0 aliphatic rings. The summed E-state index contributed by atoms with van der Waals surface area (Å²) in [6.45, 7) is 0. The molecule has 0 saturated carbocycles. The molecular weight excluding hydrogens is 805 g/mol. The summed E-state index contributed by atoms with van der Waals surface area (Å²) in [5, 5.41) is 11.5. The number of aromatic nitrogens is 1. The predicted molar refractivity (Wildman–Crippen MR) is 276 cm³/mol. The molecule has 11 aromatic carbocycles. The van der Waals surface area contributed by atoms with Crippen molar-refractivity contribution in [3.05, 3.63) is 231 Å². The van der Waals surface area contributed by atoms with Gasteiger partial charge in [-0.2, -0.15) is 0 Å². The second-order valence-electron chi connectivity index (χ2n) is 17.2. The lowest BCUT2D eigenvalue weighted by Gasteiger charge is -2.28. The molecule has 14 rings (SSSR count). The summed E-state index contributed by atoms with van der Waals surface area (Å²) < 4.78 is 15.9. The summed E-state index contributed by atoms with van der Waals surface area (Å²) in [4.78, 5) is 2.45. The van der Waals surface area contributed by atoms with Gasteiger partial charge in [-0.05, 0) is 106 Å². The van der Waals surface area contributed by atoms with Crippen LogP contribution in [-0.2, 0) is 0 Å². The topological polar surface area (TPSA) is 34.5 Å². The zero-order valence-electron chi connectivity index (χ0n) is 35.7. The number of fused-ring (bicyclic) bond motifs is 11. The summed E-state index contributed by atoms with van der Waals surface area (Å²) in [7, 11) is 0. The number of anilines is 3. The van der Waals surface area contributed by atoms with E-state index in [1.54, 1.807) is 0 Å². The molecule has 0 saturated heterocycles. The lowest BCUT2D eigenvalue weighted by Crippen LogP contribution is -2.11. The Morgan fingerprint density at radius 1 is 0.333 bits per heavy atom. The zero-order valence-corrected chi connectivity index (χ0v) is 35.7. The first-order chi connectivity index (χ1) is 32.7. The van der Waals surface area contributed by atoms with Crippen molar-refractivity contribution in [3.63, 3.8) is 0 Å². The van der Waals surface area contributed by atoms with Crippen LogP contribution in [0.25, 0.3) is 115 Å². The molecule has 0 atom stereocenters. The molecule has 4 nitrogen and oxygen atoms in total. The van der Waals surface area contributed by atoms with E-state index in [9.17, 15) is 0 Å². The fourth-order valence-corrected chi connectivity index (χ4v) is 10.6. The third kappa shape index (κ3) is 5.45. The van der Waals surface area contributed by atoms with Gasteiger partial charge < -0.3 is 18.3 Å². The van der Waals surface area contributed by atoms with E-state index < -0.39 is 0 Å². The number of hydrogen-bond donors (Lipinski definition) is 0. The minimum atomic E-state index is 0.826. The van der Waals surface area contributed by atoms with Crippen LogP contribution in [0.1, 0.15) is 0 Å². The van der Waals surface area contributed by atoms with Gasteiger partial charge in [-0.1, -0.05) is 158 Å². The number of para-hydroxylation sites is 3. The number of nitrogens with zero attached hydrogens (tertiary/aromatic N) is 2. The normalized spacial score (nSPS) is 11.9. The smallest absolute Gasteiger partial charge is 0.145 e. The zero-order chi connectivity index (χ0) is 43.3. The van der Waals surface area contributed by atoms with Crippen molar-refractivity contribution in [2.45, 2.75) is 0 Å². The number of hydrogen-bond acceptors (Lipinski definition) is 3. The van der Waals surface area contributed by atoms with E-state index in [-0.39, 0.29) is 0 Å². The third-order valence-electron chi connectivity index (χ3n) is 13.6. The standard InChI is InChI=1S/C62H38N2O2/c1-3-18-44-39(14-1)16-11-23-45(44)41-30-33-43(34-31-41)63(54-26-13-27-55-60(54)50-21-5-8-24-53(50)64(55)52-25-12-17-40-15-2-4-19-46(40)52)56-37-36-47(62-61(56)51-22-7-10-29-58(51)66-62)42-32-35-49-48-20-6-9-28-57(48)65-59(49)38-42/h1-38H. The summed E-state index contributed by atoms with van der Waals surface area (Å²) in [5.74, 6) is 0. The van der Waals surface area contributed by atoms with Crippen LogP contribution in [0, 0.1) is 0 Å². The molecule has 0 amide bonds. The molecule has 0 unspecified atom stereocenters. The van der Waals surface area contributed by atoms with E-state index in [4.69, 9.17) is 8.83 Å². The van der Waals surface area contributed by atoms with Gasteiger partial charge in [0.25, 0.3) is 0 Å². The summed E-state index contributed by atoms with van der Waals surface area (Å²) in [5.41, 5.74) is 14.4. The maximum absolute atomic E-state index is 6.99. The molecule has 14 aromatic rings. The maximum atomic E-state index is 6.99. The van der Waals surface area contributed by atoms with Crippen molar-refractivity contribution < 1.29 is 8.83 Å². The highest BCUT2D eigenvalue weighted by Gasteiger charge is 2.26. The van der Waals surface area contributed by atoms with Crippen molar-refractivity contribution in [3.8, 4) is 27.9 Å². The SMILES string of the molecule is c1ccc2c(-c3ccc(N(c4ccc(-c5ccc6c(c5)oc5ccccc56)c5oc6ccccc6c45)c4cccc5c4c4ccccc4n5-c4cccc5ccccc45)cc3)cccc2c1. The van der Waals surface area contributed by atoms with Gasteiger partial charge in [-0.15, -0.1) is 0 Å². The molecule has 3 aromatic heterocycles. The van der Waals surface area contributed by atoms with Crippen LogP contribution in [0.15, 0.2) is 239 Å². The molecule has 0 aliphatic carbocycles.